The molecule has 2 rings (SSSR count). The van der Waals surface area contributed by atoms with Gasteiger partial charge in [-0.1, -0.05) is 30.3 Å². The molecule has 0 bridgehead atoms. The molecule has 0 aliphatic heterocycles. The number of ether oxygens (including phenoxy) is 1. The molecular weight excluding hydrogens is 340 g/mol. The molecule has 0 spiro atoms. The molecule has 0 aromatic heterocycles. The Kier molecular flexibility index (Phi) is 6.55. The summed E-state index contributed by atoms with van der Waals surface area (Å²) in [6, 6.07) is 15.8. The fourth-order valence-electron chi connectivity index (χ4n) is 2.29. The Morgan fingerprint density at radius 1 is 1.08 bits per heavy atom. The summed E-state index contributed by atoms with van der Waals surface area (Å²) in [4.78, 5) is 12.0. The van der Waals surface area contributed by atoms with Crippen LogP contribution in [0.1, 0.15) is 15.9 Å². The second-order valence-electron chi connectivity index (χ2n) is 5.55. The van der Waals surface area contributed by atoms with Gasteiger partial charge in [0.15, 0.2) is 0 Å². The van der Waals surface area contributed by atoms with Gasteiger partial charge < -0.3 is 10.1 Å². The van der Waals surface area contributed by atoms with Crippen molar-refractivity contribution in [3.63, 3.8) is 0 Å². The van der Waals surface area contributed by atoms with Crippen LogP contribution in [0.2, 0.25) is 0 Å². The molecule has 7 heteroatoms. The summed E-state index contributed by atoms with van der Waals surface area (Å²) in [5, 5.41) is 2.74. The summed E-state index contributed by atoms with van der Waals surface area (Å²) < 4.78 is 30.4. The van der Waals surface area contributed by atoms with E-state index in [0.717, 1.165) is 5.56 Å². The Hall–Kier alpha value is -2.38. The molecule has 1 N–H and O–H groups in total. The van der Waals surface area contributed by atoms with Crippen molar-refractivity contribution >= 4 is 21.6 Å². The van der Waals surface area contributed by atoms with Crippen LogP contribution in [0.4, 0.5) is 5.69 Å². The van der Waals surface area contributed by atoms with E-state index in [1.807, 2.05) is 6.07 Å². The van der Waals surface area contributed by atoms with Crippen molar-refractivity contribution in [1.82, 2.24) is 5.32 Å². The molecule has 1 amide bonds. The van der Waals surface area contributed by atoms with Crippen LogP contribution in [0.5, 0.6) is 0 Å². The van der Waals surface area contributed by atoms with E-state index in [0.29, 0.717) is 24.4 Å². The number of nitrogens with one attached hydrogen (secondary N) is 1. The largest absolute Gasteiger partial charge is 0.383 e. The van der Waals surface area contributed by atoms with Crippen molar-refractivity contribution in [3.8, 4) is 0 Å². The van der Waals surface area contributed by atoms with E-state index < -0.39 is 10.0 Å². The molecule has 0 heterocycles. The number of para-hydroxylation sites is 1. The number of hydrogen-bond acceptors (Lipinski definition) is 4. The monoisotopic (exact) mass is 362 g/mol. The van der Waals surface area contributed by atoms with Crippen LogP contribution in [0.3, 0.4) is 0 Å². The quantitative estimate of drug-likeness (QED) is 0.729. The van der Waals surface area contributed by atoms with Crippen LogP contribution in [-0.2, 0) is 21.3 Å². The molecule has 6 nitrogen and oxygen atoms in total. The first kappa shape index (κ1) is 19.0. The van der Waals surface area contributed by atoms with E-state index in [4.69, 9.17) is 4.74 Å². The minimum atomic E-state index is -3.42. The van der Waals surface area contributed by atoms with Crippen LogP contribution < -0.4 is 9.62 Å². The number of sulfonamides is 1. The van der Waals surface area contributed by atoms with Crippen molar-refractivity contribution in [3.05, 3.63) is 65.7 Å². The average Bonchev–Trinajstić information content (AvgIpc) is 2.60. The zero-order chi connectivity index (χ0) is 18.3. The molecule has 0 radical (unpaired) electrons. The van der Waals surface area contributed by atoms with Gasteiger partial charge in [-0.25, -0.2) is 8.42 Å². The topological polar surface area (TPSA) is 75.7 Å². The maximum absolute atomic E-state index is 12.1. The van der Waals surface area contributed by atoms with E-state index in [9.17, 15) is 13.2 Å². The number of carbonyl (C=O) groups excluding carboxylic acids is 1. The van der Waals surface area contributed by atoms with E-state index in [1.54, 1.807) is 55.6 Å². The molecular formula is C18H22N2O4S. The molecule has 0 saturated carbocycles. The van der Waals surface area contributed by atoms with E-state index in [2.05, 4.69) is 5.32 Å². The maximum atomic E-state index is 12.1. The summed E-state index contributed by atoms with van der Waals surface area (Å²) in [6.45, 7) is 1.09. The highest BCUT2D eigenvalue weighted by atomic mass is 32.2. The van der Waals surface area contributed by atoms with Crippen molar-refractivity contribution in [2.75, 3.05) is 30.8 Å². The first-order valence-electron chi connectivity index (χ1n) is 7.80. The third kappa shape index (κ3) is 5.58. The fourth-order valence-corrected chi connectivity index (χ4v) is 3.18. The van der Waals surface area contributed by atoms with Crippen LogP contribution in [-0.4, -0.2) is 40.8 Å². The van der Waals surface area contributed by atoms with Crippen molar-refractivity contribution in [2.24, 2.45) is 0 Å². The Morgan fingerprint density at radius 2 is 1.72 bits per heavy atom. The second-order valence-corrected chi connectivity index (χ2v) is 7.46. The first-order chi connectivity index (χ1) is 11.9. The van der Waals surface area contributed by atoms with Crippen molar-refractivity contribution < 1.29 is 17.9 Å². The number of anilines is 1. The number of nitrogens with zero attached hydrogens (tertiary/aromatic N) is 1. The average molecular weight is 362 g/mol. The van der Waals surface area contributed by atoms with E-state index in [1.165, 1.54) is 10.6 Å². The van der Waals surface area contributed by atoms with Gasteiger partial charge in [-0.2, -0.15) is 0 Å². The molecule has 134 valence electrons. The van der Waals surface area contributed by atoms with Crippen LogP contribution >= 0.6 is 0 Å². The zero-order valence-electron chi connectivity index (χ0n) is 14.3. The SMILES string of the molecule is COCCNC(=O)c1ccc(CN(c2ccccc2)S(C)(=O)=O)cc1. The Morgan fingerprint density at radius 3 is 2.28 bits per heavy atom. The Balaban J connectivity index is 2.12. The highest BCUT2D eigenvalue weighted by Crippen LogP contribution is 2.20. The molecule has 0 aliphatic carbocycles. The van der Waals surface area contributed by atoms with Gasteiger partial charge >= 0.3 is 0 Å². The number of amides is 1. The lowest BCUT2D eigenvalue weighted by Gasteiger charge is -2.22. The summed E-state index contributed by atoms with van der Waals surface area (Å²) in [7, 11) is -1.85. The summed E-state index contributed by atoms with van der Waals surface area (Å²) >= 11 is 0. The van der Waals surface area contributed by atoms with Gasteiger partial charge in [0.1, 0.15) is 0 Å². The molecule has 0 fully saturated rings. The number of benzene rings is 2. The van der Waals surface area contributed by atoms with Crippen LogP contribution in [0, 0.1) is 0 Å². The van der Waals surface area contributed by atoms with Gasteiger partial charge in [-0.05, 0) is 29.8 Å². The second kappa shape index (κ2) is 8.64. The molecule has 0 aliphatic rings. The Bertz CT molecular complexity index is 790. The number of methoxy groups -OCH3 is 1. The predicted octanol–water partition coefficient (Wildman–Crippen LogP) is 2.03. The number of rotatable bonds is 8. The van der Waals surface area contributed by atoms with Crippen molar-refractivity contribution in [1.29, 1.82) is 0 Å². The zero-order valence-corrected chi connectivity index (χ0v) is 15.1. The third-order valence-corrected chi connectivity index (χ3v) is 4.72. The standard InChI is InChI=1S/C18H22N2O4S/c1-24-13-12-19-18(21)16-10-8-15(9-11-16)14-20(25(2,22)23)17-6-4-3-5-7-17/h3-11H,12-14H2,1-2H3,(H,19,21). The van der Waals surface area contributed by atoms with Gasteiger partial charge in [-0.3, -0.25) is 9.10 Å². The van der Waals surface area contributed by atoms with Gasteiger partial charge in [0.25, 0.3) is 5.91 Å². The van der Waals surface area contributed by atoms with Gasteiger partial charge in [0, 0.05) is 19.2 Å². The van der Waals surface area contributed by atoms with Gasteiger partial charge in [-0.15, -0.1) is 0 Å². The van der Waals surface area contributed by atoms with Crippen molar-refractivity contribution in [2.45, 2.75) is 6.54 Å². The smallest absolute Gasteiger partial charge is 0.251 e. The Labute approximate surface area is 148 Å². The predicted molar refractivity (Wildman–Crippen MR) is 98.1 cm³/mol. The molecule has 0 atom stereocenters. The maximum Gasteiger partial charge on any atom is 0.251 e. The normalized spacial score (nSPS) is 11.1. The number of carbonyl (C=O) groups is 1. The summed E-state index contributed by atoms with van der Waals surface area (Å²) in [6.07, 6.45) is 1.18. The van der Waals surface area contributed by atoms with E-state index in [-0.39, 0.29) is 12.5 Å². The first-order valence-corrected chi connectivity index (χ1v) is 9.65. The minimum Gasteiger partial charge on any atom is -0.383 e. The summed E-state index contributed by atoms with van der Waals surface area (Å²) in [5.74, 6) is -0.188. The van der Waals surface area contributed by atoms with Crippen LogP contribution in [0.25, 0.3) is 0 Å². The molecule has 25 heavy (non-hydrogen) atoms. The highest BCUT2D eigenvalue weighted by Gasteiger charge is 2.17. The fraction of sp³-hybridized carbons (Fsp3) is 0.278. The molecule has 0 saturated heterocycles. The van der Waals surface area contributed by atoms with E-state index >= 15 is 0 Å². The lowest BCUT2D eigenvalue weighted by atomic mass is 10.1. The molecule has 2 aromatic carbocycles. The molecule has 0 unspecified atom stereocenters. The third-order valence-electron chi connectivity index (χ3n) is 3.58. The lowest BCUT2D eigenvalue weighted by molar-refractivity contribution is 0.0937. The van der Waals surface area contributed by atoms with Gasteiger partial charge in [0.05, 0.1) is 25.1 Å². The minimum absolute atomic E-state index is 0.188. The van der Waals surface area contributed by atoms with Gasteiger partial charge in [0.2, 0.25) is 10.0 Å². The lowest BCUT2D eigenvalue weighted by Crippen LogP contribution is -2.29. The van der Waals surface area contributed by atoms with Crippen LogP contribution in [0.15, 0.2) is 54.6 Å². The summed E-state index contributed by atoms with van der Waals surface area (Å²) in [5.41, 5.74) is 1.92. The molecule has 2 aromatic rings. The highest BCUT2D eigenvalue weighted by molar-refractivity contribution is 7.92. The number of hydrogen-bond donors (Lipinski definition) is 1.